The van der Waals surface area contributed by atoms with Crippen LogP contribution in [0, 0.1) is 0 Å². The minimum Gasteiger partial charge on any atom is -0.453 e. The van der Waals surface area contributed by atoms with Gasteiger partial charge >= 0.3 is 5.97 Å². The van der Waals surface area contributed by atoms with Crippen molar-refractivity contribution in [1.82, 2.24) is 0 Å². The lowest BCUT2D eigenvalue weighted by atomic mass is 9.93. The highest BCUT2D eigenvalue weighted by Gasteiger charge is 2.59. The van der Waals surface area contributed by atoms with Gasteiger partial charge in [-0.3, -0.25) is 0 Å². The number of hydrogen-bond donors (Lipinski definition) is 0. The Morgan fingerprint density at radius 1 is 1.14 bits per heavy atom. The molecule has 28 heavy (non-hydrogen) atoms. The molecule has 5 atom stereocenters. The monoisotopic (exact) mass is 386 g/mol. The second-order valence-electron chi connectivity index (χ2n) is 7.67. The summed E-state index contributed by atoms with van der Waals surface area (Å²) in [5.41, 5.74) is 0.459. The van der Waals surface area contributed by atoms with Crippen LogP contribution < -0.4 is 0 Å². The van der Waals surface area contributed by atoms with Gasteiger partial charge in [-0.2, -0.15) is 0 Å². The molecule has 3 unspecified atom stereocenters. The Labute approximate surface area is 164 Å². The Hall–Kier alpha value is -2.02. The molecule has 1 aromatic rings. The zero-order valence-corrected chi connectivity index (χ0v) is 15.8. The molecule has 1 aliphatic carbocycles. The van der Waals surface area contributed by atoms with Crippen molar-refractivity contribution in [2.24, 2.45) is 0 Å². The molecule has 2 aliphatic heterocycles. The van der Waals surface area contributed by atoms with E-state index in [4.69, 9.17) is 18.9 Å². The fourth-order valence-electron chi connectivity index (χ4n) is 4.43. The molecule has 1 aromatic carbocycles. The number of carbonyl (C=O) groups excluding carboxylic acids is 2. The van der Waals surface area contributed by atoms with Crippen LogP contribution in [0.2, 0.25) is 0 Å². The fourth-order valence-corrected chi connectivity index (χ4v) is 4.43. The van der Waals surface area contributed by atoms with Crippen molar-refractivity contribution in [3.05, 3.63) is 48.6 Å². The van der Waals surface area contributed by atoms with Crippen molar-refractivity contribution in [3.8, 4) is 0 Å². The third-order valence-corrected chi connectivity index (χ3v) is 5.77. The Balaban J connectivity index is 1.60. The summed E-state index contributed by atoms with van der Waals surface area (Å²) in [6, 6.07) is 8.81. The number of rotatable bonds is 5. The number of hydrogen-bond acceptors (Lipinski definition) is 6. The molecule has 1 saturated carbocycles. The summed E-state index contributed by atoms with van der Waals surface area (Å²) in [4.78, 5) is 24.4. The van der Waals surface area contributed by atoms with E-state index in [1.165, 1.54) is 0 Å². The summed E-state index contributed by atoms with van der Waals surface area (Å²) in [5, 5.41) is 0. The summed E-state index contributed by atoms with van der Waals surface area (Å²) in [5.74, 6) is -1.15. The lowest BCUT2D eigenvalue weighted by Gasteiger charge is -2.39. The molecule has 2 saturated heterocycles. The topological polar surface area (TPSA) is 71.1 Å². The molecule has 0 N–H and O–H groups in total. The maximum atomic E-state index is 12.7. The summed E-state index contributed by atoms with van der Waals surface area (Å²) >= 11 is 0. The summed E-state index contributed by atoms with van der Waals surface area (Å²) < 4.78 is 24.4. The van der Waals surface area contributed by atoms with Crippen molar-refractivity contribution in [2.75, 3.05) is 0 Å². The molecule has 4 rings (SSSR count). The first-order chi connectivity index (χ1) is 13.7. The fraction of sp³-hybridized carbons (Fsp3) is 0.545. The number of aldehydes is 1. The standard InChI is InChI=1S/C22H26O6/c1-2-9-16-18(26-21(24)15-10-5-3-6-11-15)20-19(17(14-23)25-16)27-22(28-20)12-7-4-8-13-22/h2-3,5-6,10-11,14,16-20H,1,4,7-9,12-13H2/t16?,17-,18?,19+,20?/m0/s1. The number of carbonyl (C=O) groups is 2. The molecule has 1 spiro atoms. The van der Waals surface area contributed by atoms with Crippen LogP contribution in [0.3, 0.4) is 0 Å². The van der Waals surface area contributed by atoms with Crippen LogP contribution >= 0.6 is 0 Å². The van der Waals surface area contributed by atoms with E-state index in [0.29, 0.717) is 12.0 Å². The van der Waals surface area contributed by atoms with Gasteiger partial charge in [-0.1, -0.05) is 30.7 Å². The molecule has 0 aromatic heterocycles. The van der Waals surface area contributed by atoms with Gasteiger partial charge in [0, 0.05) is 12.8 Å². The van der Waals surface area contributed by atoms with E-state index in [1.54, 1.807) is 30.3 Å². The number of ether oxygens (including phenoxy) is 4. The maximum absolute atomic E-state index is 12.7. The third kappa shape index (κ3) is 3.64. The molecule has 6 heteroatoms. The molecule has 6 nitrogen and oxygen atoms in total. The van der Waals surface area contributed by atoms with Gasteiger partial charge in [0.05, 0.1) is 5.56 Å². The molecular formula is C22H26O6. The minimum atomic E-state index is -0.747. The average Bonchev–Trinajstić information content (AvgIpc) is 3.09. The Bertz CT molecular complexity index is 711. The van der Waals surface area contributed by atoms with Crippen molar-refractivity contribution in [1.29, 1.82) is 0 Å². The van der Waals surface area contributed by atoms with Crippen LogP contribution in [0.5, 0.6) is 0 Å². The van der Waals surface area contributed by atoms with E-state index in [-0.39, 0.29) is 0 Å². The Morgan fingerprint density at radius 3 is 2.54 bits per heavy atom. The van der Waals surface area contributed by atoms with Crippen molar-refractivity contribution >= 4 is 12.3 Å². The van der Waals surface area contributed by atoms with E-state index in [2.05, 4.69) is 6.58 Å². The van der Waals surface area contributed by atoms with E-state index in [0.717, 1.165) is 38.4 Å². The van der Waals surface area contributed by atoms with Crippen LogP contribution in [0.1, 0.15) is 48.9 Å². The number of esters is 1. The molecule has 2 heterocycles. The zero-order valence-electron chi connectivity index (χ0n) is 15.8. The highest BCUT2D eigenvalue weighted by atomic mass is 16.8. The maximum Gasteiger partial charge on any atom is 0.338 e. The van der Waals surface area contributed by atoms with Crippen LogP contribution in [0.4, 0.5) is 0 Å². The quantitative estimate of drug-likeness (QED) is 0.440. The first-order valence-electron chi connectivity index (χ1n) is 9.99. The second-order valence-corrected chi connectivity index (χ2v) is 7.67. The van der Waals surface area contributed by atoms with E-state index < -0.39 is 42.3 Å². The van der Waals surface area contributed by atoms with Gasteiger partial charge in [0.25, 0.3) is 0 Å². The van der Waals surface area contributed by atoms with Gasteiger partial charge in [-0.15, -0.1) is 6.58 Å². The first-order valence-corrected chi connectivity index (χ1v) is 9.99. The lowest BCUT2D eigenvalue weighted by molar-refractivity contribution is -0.199. The number of fused-ring (bicyclic) bond motifs is 1. The molecule has 150 valence electrons. The number of benzene rings is 1. The van der Waals surface area contributed by atoms with E-state index in [1.807, 2.05) is 6.07 Å². The zero-order chi connectivity index (χ0) is 19.6. The Kier molecular flexibility index (Phi) is 5.62. The van der Waals surface area contributed by atoms with Crippen molar-refractivity contribution < 1.29 is 28.5 Å². The normalized spacial score (nSPS) is 33.8. The van der Waals surface area contributed by atoms with Crippen LogP contribution in [-0.2, 0) is 23.7 Å². The second kappa shape index (κ2) is 8.15. The summed E-state index contributed by atoms with van der Waals surface area (Å²) in [6.45, 7) is 3.77. The SMILES string of the molecule is C=CCC1O[C@@H](C=O)[C@H]2OC3(CCCCC3)OC2C1OC(=O)c1ccccc1. The van der Waals surface area contributed by atoms with Crippen LogP contribution in [0.15, 0.2) is 43.0 Å². The highest BCUT2D eigenvalue weighted by Crippen LogP contribution is 2.45. The van der Waals surface area contributed by atoms with Gasteiger partial charge < -0.3 is 23.7 Å². The van der Waals surface area contributed by atoms with Crippen LogP contribution in [-0.4, -0.2) is 48.6 Å². The molecule has 0 bridgehead atoms. The molecule has 3 aliphatic rings. The predicted molar refractivity (Wildman–Crippen MR) is 101 cm³/mol. The van der Waals surface area contributed by atoms with E-state index in [9.17, 15) is 9.59 Å². The molecule has 0 radical (unpaired) electrons. The molecule has 0 amide bonds. The lowest BCUT2D eigenvalue weighted by Crippen LogP contribution is -2.58. The van der Waals surface area contributed by atoms with E-state index >= 15 is 0 Å². The molecular weight excluding hydrogens is 360 g/mol. The Morgan fingerprint density at radius 2 is 1.86 bits per heavy atom. The van der Waals surface area contributed by atoms with Crippen molar-refractivity contribution in [2.45, 2.75) is 74.8 Å². The van der Waals surface area contributed by atoms with Gasteiger partial charge in [0.15, 0.2) is 18.2 Å². The van der Waals surface area contributed by atoms with Gasteiger partial charge in [0.2, 0.25) is 0 Å². The largest absolute Gasteiger partial charge is 0.453 e. The average molecular weight is 386 g/mol. The summed E-state index contributed by atoms with van der Waals surface area (Å²) in [6.07, 6.45) is 4.56. The van der Waals surface area contributed by atoms with Gasteiger partial charge in [0.1, 0.15) is 24.4 Å². The van der Waals surface area contributed by atoms with Gasteiger partial charge in [-0.25, -0.2) is 4.79 Å². The molecule has 3 fully saturated rings. The van der Waals surface area contributed by atoms with Crippen molar-refractivity contribution in [3.63, 3.8) is 0 Å². The minimum absolute atomic E-state index is 0.441. The van der Waals surface area contributed by atoms with Gasteiger partial charge in [-0.05, 0) is 31.4 Å². The highest BCUT2D eigenvalue weighted by molar-refractivity contribution is 5.89. The first kappa shape index (κ1) is 19.3. The smallest absolute Gasteiger partial charge is 0.338 e. The van der Waals surface area contributed by atoms with Crippen LogP contribution in [0.25, 0.3) is 0 Å². The third-order valence-electron chi connectivity index (χ3n) is 5.77. The predicted octanol–water partition coefficient (Wildman–Crippen LogP) is 3.20. The summed E-state index contributed by atoms with van der Waals surface area (Å²) in [7, 11) is 0.